The van der Waals surface area contributed by atoms with Gasteiger partial charge in [0.15, 0.2) is 0 Å². The standard InChI is InChI=1S/C13H21N3O2/c1-5-16(8-9(2)3)12-6-10(13(17)18-4)11(14)7-15-12/h6-7,9H,5,8,14H2,1-4H3. The van der Waals surface area contributed by atoms with Gasteiger partial charge in [-0.1, -0.05) is 13.8 Å². The Morgan fingerprint density at radius 1 is 1.56 bits per heavy atom. The predicted molar refractivity (Wildman–Crippen MR) is 72.7 cm³/mol. The first kappa shape index (κ1) is 14.3. The summed E-state index contributed by atoms with van der Waals surface area (Å²) < 4.78 is 4.70. The quantitative estimate of drug-likeness (QED) is 0.810. The Bertz CT molecular complexity index is 419. The van der Waals surface area contributed by atoms with E-state index < -0.39 is 5.97 Å². The van der Waals surface area contributed by atoms with E-state index in [-0.39, 0.29) is 0 Å². The molecule has 0 aromatic carbocycles. The number of ether oxygens (including phenoxy) is 1. The van der Waals surface area contributed by atoms with Crippen molar-refractivity contribution >= 4 is 17.5 Å². The van der Waals surface area contributed by atoms with E-state index in [1.165, 1.54) is 13.3 Å². The van der Waals surface area contributed by atoms with Gasteiger partial charge in [-0.15, -0.1) is 0 Å². The highest BCUT2D eigenvalue weighted by atomic mass is 16.5. The van der Waals surface area contributed by atoms with Gasteiger partial charge >= 0.3 is 5.97 Å². The Morgan fingerprint density at radius 2 is 2.22 bits per heavy atom. The minimum Gasteiger partial charge on any atom is -0.465 e. The average Bonchev–Trinajstić information content (AvgIpc) is 2.35. The highest BCUT2D eigenvalue weighted by Gasteiger charge is 2.15. The predicted octanol–water partition coefficient (Wildman–Crippen LogP) is 1.93. The fourth-order valence-corrected chi connectivity index (χ4v) is 1.74. The van der Waals surface area contributed by atoms with Gasteiger partial charge in [0.25, 0.3) is 0 Å². The van der Waals surface area contributed by atoms with Gasteiger partial charge in [-0.25, -0.2) is 9.78 Å². The Morgan fingerprint density at radius 3 is 2.72 bits per heavy atom. The van der Waals surface area contributed by atoms with E-state index in [9.17, 15) is 4.79 Å². The molecule has 5 nitrogen and oxygen atoms in total. The minimum absolute atomic E-state index is 0.339. The van der Waals surface area contributed by atoms with Crippen molar-refractivity contribution in [2.24, 2.45) is 5.92 Å². The van der Waals surface area contributed by atoms with E-state index in [0.717, 1.165) is 18.9 Å². The van der Waals surface area contributed by atoms with Gasteiger partial charge in [-0.2, -0.15) is 0 Å². The molecule has 0 amide bonds. The summed E-state index contributed by atoms with van der Waals surface area (Å²) in [5.41, 5.74) is 6.43. The van der Waals surface area contributed by atoms with E-state index in [1.807, 2.05) is 0 Å². The fraction of sp³-hybridized carbons (Fsp3) is 0.538. The van der Waals surface area contributed by atoms with E-state index in [1.54, 1.807) is 6.07 Å². The summed E-state index contributed by atoms with van der Waals surface area (Å²) >= 11 is 0. The number of carbonyl (C=O) groups excluding carboxylic acids is 1. The summed E-state index contributed by atoms with van der Waals surface area (Å²) in [7, 11) is 1.34. The van der Waals surface area contributed by atoms with E-state index in [4.69, 9.17) is 10.5 Å². The highest BCUT2D eigenvalue weighted by Crippen LogP contribution is 2.19. The third-order valence-corrected chi connectivity index (χ3v) is 2.62. The van der Waals surface area contributed by atoms with Gasteiger partial charge in [0.1, 0.15) is 5.82 Å². The number of methoxy groups -OCH3 is 1. The van der Waals surface area contributed by atoms with Gasteiger partial charge in [0.2, 0.25) is 0 Å². The molecule has 0 aliphatic rings. The van der Waals surface area contributed by atoms with E-state index >= 15 is 0 Å². The van der Waals surface area contributed by atoms with Crippen LogP contribution >= 0.6 is 0 Å². The second-order valence-electron chi connectivity index (χ2n) is 4.55. The first-order valence-corrected chi connectivity index (χ1v) is 6.08. The van der Waals surface area contributed by atoms with Crippen molar-refractivity contribution < 1.29 is 9.53 Å². The molecule has 5 heteroatoms. The summed E-state index contributed by atoms with van der Waals surface area (Å²) in [4.78, 5) is 18.0. The molecule has 0 bridgehead atoms. The van der Waals surface area contributed by atoms with E-state index in [0.29, 0.717) is 17.2 Å². The second-order valence-corrected chi connectivity index (χ2v) is 4.55. The van der Waals surface area contributed by atoms with Gasteiger partial charge in [-0.05, 0) is 18.9 Å². The zero-order valence-corrected chi connectivity index (χ0v) is 11.4. The van der Waals surface area contributed by atoms with Crippen LogP contribution in [0.25, 0.3) is 0 Å². The van der Waals surface area contributed by atoms with Crippen LogP contribution in [0.1, 0.15) is 31.1 Å². The number of esters is 1. The van der Waals surface area contributed by atoms with Gasteiger partial charge in [-0.3, -0.25) is 0 Å². The Kier molecular flexibility index (Phi) is 4.95. The molecule has 1 heterocycles. The molecule has 0 radical (unpaired) electrons. The summed E-state index contributed by atoms with van der Waals surface area (Å²) in [6, 6.07) is 1.69. The van der Waals surface area contributed by atoms with Crippen LogP contribution in [-0.4, -0.2) is 31.2 Å². The zero-order chi connectivity index (χ0) is 13.7. The number of rotatable bonds is 5. The molecule has 2 N–H and O–H groups in total. The monoisotopic (exact) mass is 251 g/mol. The maximum Gasteiger partial charge on any atom is 0.340 e. The largest absolute Gasteiger partial charge is 0.465 e. The van der Waals surface area contributed by atoms with Gasteiger partial charge < -0.3 is 15.4 Å². The van der Waals surface area contributed by atoms with Gasteiger partial charge in [0.05, 0.1) is 24.6 Å². The van der Waals surface area contributed by atoms with Crippen LogP contribution in [0, 0.1) is 5.92 Å². The Balaban J connectivity index is 3.06. The van der Waals surface area contributed by atoms with Crippen LogP contribution in [0.4, 0.5) is 11.5 Å². The molecule has 1 aromatic heterocycles. The molecule has 0 fully saturated rings. The number of nitrogen functional groups attached to an aromatic ring is 1. The molecule has 0 unspecified atom stereocenters. The lowest BCUT2D eigenvalue weighted by atomic mass is 10.2. The third-order valence-electron chi connectivity index (χ3n) is 2.62. The Hall–Kier alpha value is -1.78. The number of hydrogen-bond acceptors (Lipinski definition) is 5. The van der Waals surface area contributed by atoms with Crippen LogP contribution in [-0.2, 0) is 4.74 Å². The van der Waals surface area contributed by atoms with Crippen molar-refractivity contribution in [2.75, 3.05) is 30.8 Å². The van der Waals surface area contributed by atoms with Crippen LogP contribution in [0.5, 0.6) is 0 Å². The van der Waals surface area contributed by atoms with Gasteiger partial charge in [0, 0.05) is 13.1 Å². The number of pyridine rings is 1. The number of aromatic nitrogens is 1. The molecule has 0 saturated carbocycles. The van der Waals surface area contributed by atoms with Crippen LogP contribution in [0.15, 0.2) is 12.3 Å². The summed E-state index contributed by atoms with van der Waals surface area (Å²) in [5.74, 6) is 0.837. The molecule has 0 atom stereocenters. The van der Waals surface area contributed by atoms with Crippen molar-refractivity contribution in [1.82, 2.24) is 4.98 Å². The molecule has 18 heavy (non-hydrogen) atoms. The van der Waals surface area contributed by atoms with Crippen molar-refractivity contribution in [3.8, 4) is 0 Å². The first-order chi connectivity index (χ1) is 8.49. The topological polar surface area (TPSA) is 68.5 Å². The lowest BCUT2D eigenvalue weighted by Crippen LogP contribution is -2.28. The number of nitrogens with two attached hydrogens (primary N) is 1. The van der Waals surface area contributed by atoms with Crippen LogP contribution < -0.4 is 10.6 Å². The maximum atomic E-state index is 11.6. The van der Waals surface area contributed by atoms with Crippen LogP contribution in [0.2, 0.25) is 0 Å². The van der Waals surface area contributed by atoms with Crippen molar-refractivity contribution in [2.45, 2.75) is 20.8 Å². The van der Waals surface area contributed by atoms with Crippen LogP contribution in [0.3, 0.4) is 0 Å². The lowest BCUT2D eigenvalue weighted by Gasteiger charge is -2.24. The SMILES string of the molecule is CCN(CC(C)C)c1cc(C(=O)OC)c(N)cn1. The summed E-state index contributed by atoms with van der Waals surface area (Å²) in [6.07, 6.45) is 1.50. The molecule has 1 rings (SSSR count). The second kappa shape index (κ2) is 6.23. The normalized spacial score (nSPS) is 10.5. The molecule has 0 saturated heterocycles. The molecule has 1 aromatic rings. The Labute approximate surface area is 108 Å². The molecule has 100 valence electrons. The summed E-state index contributed by atoms with van der Waals surface area (Å²) in [6.45, 7) is 8.05. The zero-order valence-electron chi connectivity index (χ0n) is 11.4. The van der Waals surface area contributed by atoms with Crippen molar-refractivity contribution in [1.29, 1.82) is 0 Å². The molecule has 0 aliphatic heterocycles. The average molecular weight is 251 g/mol. The summed E-state index contributed by atoms with van der Waals surface area (Å²) in [5, 5.41) is 0. The number of nitrogens with zero attached hydrogens (tertiary/aromatic N) is 2. The van der Waals surface area contributed by atoms with E-state index in [2.05, 4.69) is 30.7 Å². The maximum absolute atomic E-state index is 11.6. The highest BCUT2D eigenvalue weighted by molar-refractivity contribution is 5.95. The molecular formula is C13H21N3O2. The number of anilines is 2. The third kappa shape index (κ3) is 3.35. The number of hydrogen-bond donors (Lipinski definition) is 1. The molecule has 0 spiro atoms. The molecular weight excluding hydrogens is 230 g/mol. The minimum atomic E-state index is -0.434. The smallest absolute Gasteiger partial charge is 0.340 e. The fourth-order valence-electron chi connectivity index (χ4n) is 1.74. The van der Waals surface area contributed by atoms with Crippen molar-refractivity contribution in [3.63, 3.8) is 0 Å². The lowest BCUT2D eigenvalue weighted by molar-refractivity contribution is 0.0602. The number of carbonyl (C=O) groups is 1. The first-order valence-electron chi connectivity index (χ1n) is 6.08. The molecule has 0 aliphatic carbocycles. The van der Waals surface area contributed by atoms with Crippen molar-refractivity contribution in [3.05, 3.63) is 17.8 Å².